The van der Waals surface area contributed by atoms with Crippen LogP contribution < -0.4 is 5.73 Å². The van der Waals surface area contributed by atoms with E-state index in [-0.39, 0.29) is 6.04 Å². The third-order valence-electron chi connectivity index (χ3n) is 3.15. The molecule has 2 heterocycles. The van der Waals surface area contributed by atoms with Gasteiger partial charge in [0.05, 0.1) is 0 Å². The van der Waals surface area contributed by atoms with Gasteiger partial charge in [0.15, 0.2) is 5.82 Å². The van der Waals surface area contributed by atoms with Crippen LogP contribution in [0.4, 0.5) is 0 Å². The first-order valence-electron chi connectivity index (χ1n) is 6.60. The Balaban J connectivity index is 2.22. The molecule has 0 aliphatic carbocycles. The van der Waals surface area contributed by atoms with Crippen LogP contribution in [0.1, 0.15) is 30.0 Å². The van der Waals surface area contributed by atoms with Crippen LogP contribution in [0.25, 0.3) is 11.5 Å². The molecule has 0 aromatic carbocycles. The first-order valence-corrected chi connectivity index (χ1v) is 6.60. The first kappa shape index (κ1) is 13.6. The van der Waals surface area contributed by atoms with Crippen LogP contribution in [0.3, 0.4) is 0 Å². The van der Waals surface area contributed by atoms with E-state index in [0.29, 0.717) is 5.82 Å². The van der Waals surface area contributed by atoms with Crippen molar-refractivity contribution in [3.63, 3.8) is 0 Å². The lowest BCUT2D eigenvalue weighted by Crippen LogP contribution is -2.21. The van der Waals surface area contributed by atoms with E-state index in [0.717, 1.165) is 35.2 Å². The lowest BCUT2D eigenvalue weighted by Gasteiger charge is -2.09. The summed E-state index contributed by atoms with van der Waals surface area (Å²) in [5.74, 6) is 0.673. The van der Waals surface area contributed by atoms with Gasteiger partial charge in [0.2, 0.25) is 0 Å². The summed E-state index contributed by atoms with van der Waals surface area (Å²) < 4.78 is 0. The highest BCUT2D eigenvalue weighted by Gasteiger charge is 2.08. The Hall–Kier alpha value is -1.81. The number of nitrogens with two attached hydrogens (primary N) is 1. The number of aromatic nitrogens is 3. The van der Waals surface area contributed by atoms with Crippen LogP contribution in [0.15, 0.2) is 24.7 Å². The lowest BCUT2D eigenvalue weighted by atomic mass is 10.1. The predicted octanol–water partition coefficient (Wildman–Crippen LogP) is 2.44. The number of aryl methyl sites for hydroxylation is 2. The lowest BCUT2D eigenvalue weighted by molar-refractivity contribution is 0.643. The highest BCUT2D eigenvalue weighted by Crippen LogP contribution is 2.17. The quantitative estimate of drug-likeness (QED) is 0.912. The van der Waals surface area contributed by atoms with Gasteiger partial charge >= 0.3 is 0 Å². The topological polar surface area (TPSA) is 64.7 Å². The summed E-state index contributed by atoms with van der Waals surface area (Å²) in [7, 11) is 0. The molecule has 0 bridgehead atoms. The summed E-state index contributed by atoms with van der Waals surface area (Å²) in [4.78, 5) is 13.2. The van der Waals surface area contributed by atoms with E-state index in [1.807, 2.05) is 32.4 Å². The minimum Gasteiger partial charge on any atom is -0.327 e. The monoisotopic (exact) mass is 256 g/mol. The molecule has 0 radical (unpaired) electrons. The SMILES string of the molecule is CCC(N)Cc1cnc(-c2ncc(C)cc2C)nc1. The van der Waals surface area contributed by atoms with Crippen molar-refractivity contribution in [2.24, 2.45) is 5.73 Å². The molecule has 19 heavy (non-hydrogen) atoms. The predicted molar refractivity (Wildman–Crippen MR) is 76.7 cm³/mol. The Kier molecular flexibility index (Phi) is 4.22. The second-order valence-electron chi connectivity index (χ2n) is 4.97. The molecule has 0 saturated heterocycles. The van der Waals surface area contributed by atoms with Gasteiger partial charge < -0.3 is 5.73 Å². The average molecular weight is 256 g/mol. The molecular formula is C15H20N4. The summed E-state index contributed by atoms with van der Waals surface area (Å²) in [6.07, 6.45) is 7.31. The normalized spacial score (nSPS) is 12.4. The number of hydrogen-bond acceptors (Lipinski definition) is 4. The molecule has 0 fully saturated rings. The minimum absolute atomic E-state index is 0.175. The summed E-state index contributed by atoms with van der Waals surface area (Å²) in [5.41, 5.74) is 10.1. The molecule has 4 heteroatoms. The van der Waals surface area contributed by atoms with E-state index in [4.69, 9.17) is 5.73 Å². The number of hydrogen-bond donors (Lipinski definition) is 1. The summed E-state index contributed by atoms with van der Waals surface area (Å²) in [5, 5.41) is 0. The largest absolute Gasteiger partial charge is 0.327 e. The Morgan fingerprint density at radius 2 is 1.79 bits per heavy atom. The third kappa shape index (κ3) is 3.35. The molecule has 0 amide bonds. The standard InChI is InChI=1S/C15H20N4/c1-4-13(16)6-12-8-18-15(19-9-12)14-11(3)5-10(2)7-17-14/h5,7-9,13H,4,6,16H2,1-3H3. The third-order valence-corrected chi connectivity index (χ3v) is 3.15. The van der Waals surface area contributed by atoms with Gasteiger partial charge in [0.1, 0.15) is 5.69 Å². The molecule has 2 rings (SSSR count). The summed E-state index contributed by atoms with van der Waals surface area (Å²) >= 11 is 0. The average Bonchev–Trinajstić information content (AvgIpc) is 2.40. The smallest absolute Gasteiger partial charge is 0.178 e. The highest BCUT2D eigenvalue weighted by molar-refractivity contribution is 5.54. The van der Waals surface area contributed by atoms with Gasteiger partial charge in [-0.05, 0) is 43.4 Å². The van der Waals surface area contributed by atoms with Crippen molar-refractivity contribution in [3.8, 4) is 11.5 Å². The second kappa shape index (κ2) is 5.89. The molecule has 0 spiro atoms. The van der Waals surface area contributed by atoms with Gasteiger partial charge in [-0.3, -0.25) is 4.98 Å². The molecule has 2 aromatic rings. The fourth-order valence-corrected chi connectivity index (χ4v) is 1.98. The van der Waals surface area contributed by atoms with Gasteiger partial charge in [-0.15, -0.1) is 0 Å². The number of pyridine rings is 1. The Labute approximate surface area is 114 Å². The molecule has 4 nitrogen and oxygen atoms in total. The Morgan fingerprint density at radius 3 is 2.37 bits per heavy atom. The molecule has 1 unspecified atom stereocenters. The van der Waals surface area contributed by atoms with Gasteiger partial charge in [0, 0.05) is 24.6 Å². The molecular weight excluding hydrogens is 236 g/mol. The van der Waals surface area contributed by atoms with Crippen LogP contribution >= 0.6 is 0 Å². The van der Waals surface area contributed by atoms with Crippen LogP contribution in [-0.2, 0) is 6.42 Å². The molecule has 0 saturated carbocycles. The van der Waals surface area contributed by atoms with Gasteiger partial charge in [-0.2, -0.15) is 0 Å². The highest BCUT2D eigenvalue weighted by atomic mass is 14.9. The van der Waals surface area contributed by atoms with E-state index < -0.39 is 0 Å². The minimum atomic E-state index is 0.175. The van der Waals surface area contributed by atoms with Crippen molar-refractivity contribution >= 4 is 0 Å². The van der Waals surface area contributed by atoms with Crippen LogP contribution in [0.5, 0.6) is 0 Å². The number of rotatable bonds is 4. The molecule has 0 aliphatic rings. The second-order valence-corrected chi connectivity index (χ2v) is 4.97. The zero-order valence-electron chi connectivity index (χ0n) is 11.7. The molecule has 1 atom stereocenters. The van der Waals surface area contributed by atoms with Gasteiger partial charge in [-0.25, -0.2) is 9.97 Å². The molecule has 2 N–H and O–H groups in total. The fraction of sp³-hybridized carbons (Fsp3) is 0.400. The zero-order valence-corrected chi connectivity index (χ0v) is 11.7. The summed E-state index contributed by atoms with van der Waals surface area (Å²) in [6.45, 7) is 6.14. The van der Waals surface area contributed by atoms with Crippen molar-refractivity contribution in [1.82, 2.24) is 15.0 Å². The van der Waals surface area contributed by atoms with E-state index in [1.54, 1.807) is 0 Å². The summed E-state index contributed by atoms with van der Waals surface area (Å²) in [6, 6.07) is 2.26. The maximum atomic E-state index is 5.93. The van der Waals surface area contributed by atoms with Crippen LogP contribution in [0.2, 0.25) is 0 Å². The van der Waals surface area contributed by atoms with E-state index in [9.17, 15) is 0 Å². The maximum absolute atomic E-state index is 5.93. The first-order chi connectivity index (χ1) is 9.10. The molecule has 100 valence electrons. The van der Waals surface area contributed by atoms with Crippen molar-refractivity contribution in [3.05, 3.63) is 41.3 Å². The van der Waals surface area contributed by atoms with Gasteiger partial charge in [-0.1, -0.05) is 13.0 Å². The van der Waals surface area contributed by atoms with Crippen molar-refractivity contribution < 1.29 is 0 Å². The Morgan fingerprint density at radius 1 is 1.11 bits per heavy atom. The van der Waals surface area contributed by atoms with Crippen molar-refractivity contribution in [1.29, 1.82) is 0 Å². The Bertz CT molecular complexity index is 549. The van der Waals surface area contributed by atoms with E-state index >= 15 is 0 Å². The number of nitrogens with zero attached hydrogens (tertiary/aromatic N) is 3. The van der Waals surface area contributed by atoms with Crippen LogP contribution in [0, 0.1) is 13.8 Å². The van der Waals surface area contributed by atoms with Gasteiger partial charge in [0.25, 0.3) is 0 Å². The van der Waals surface area contributed by atoms with E-state index in [1.165, 1.54) is 0 Å². The van der Waals surface area contributed by atoms with Crippen molar-refractivity contribution in [2.45, 2.75) is 39.7 Å². The van der Waals surface area contributed by atoms with Crippen molar-refractivity contribution in [2.75, 3.05) is 0 Å². The molecule has 2 aromatic heterocycles. The fourth-order valence-electron chi connectivity index (χ4n) is 1.98. The maximum Gasteiger partial charge on any atom is 0.178 e. The zero-order chi connectivity index (χ0) is 13.8. The van der Waals surface area contributed by atoms with E-state index in [2.05, 4.69) is 27.9 Å². The van der Waals surface area contributed by atoms with Crippen LogP contribution in [-0.4, -0.2) is 21.0 Å². The molecule has 0 aliphatic heterocycles.